The van der Waals surface area contributed by atoms with Crippen molar-refractivity contribution in [3.63, 3.8) is 0 Å². The van der Waals surface area contributed by atoms with Crippen LogP contribution in [-0.4, -0.2) is 28.6 Å². The molecule has 0 aliphatic rings. The van der Waals surface area contributed by atoms with Gasteiger partial charge in [-0.05, 0) is 61.7 Å². The van der Waals surface area contributed by atoms with Crippen molar-refractivity contribution in [3.05, 3.63) is 84.1 Å². The molecule has 0 bridgehead atoms. The van der Waals surface area contributed by atoms with Gasteiger partial charge in [0.15, 0.2) is 5.76 Å². The minimum absolute atomic E-state index is 0.162. The largest absolute Gasteiger partial charge is 0.492 e. The number of amides is 1. The Morgan fingerprint density at radius 3 is 2.81 bits per heavy atom. The zero-order valence-corrected chi connectivity index (χ0v) is 18.4. The lowest BCUT2D eigenvalue weighted by Gasteiger charge is -2.11. The number of aryl methyl sites for hydroxylation is 2. The average Bonchev–Trinajstić information content (AvgIpc) is 3.45. The predicted molar refractivity (Wildman–Crippen MR) is 125 cm³/mol. The van der Waals surface area contributed by atoms with Crippen LogP contribution in [-0.2, 0) is 13.0 Å². The number of para-hydroxylation sites is 2. The smallest absolute Gasteiger partial charge is 0.286 e. The summed E-state index contributed by atoms with van der Waals surface area (Å²) in [6, 6.07) is 19.7. The van der Waals surface area contributed by atoms with E-state index >= 15 is 0 Å². The summed E-state index contributed by atoms with van der Waals surface area (Å²) in [5.74, 6) is 2.17. The second kappa shape index (κ2) is 10.7. The van der Waals surface area contributed by atoms with Gasteiger partial charge in [0, 0.05) is 13.0 Å². The van der Waals surface area contributed by atoms with Crippen LogP contribution in [0.2, 0.25) is 0 Å². The van der Waals surface area contributed by atoms with Crippen molar-refractivity contribution in [3.8, 4) is 5.75 Å². The van der Waals surface area contributed by atoms with E-state index in [2.05, 4.69) is 41.1 Å². The van der Waals surface area contributed by atoms with Crippen molar-refractivity contribution in [2.45, 2.75) is 39.2 Å². The number of ether oxygens (including phenoxy) is 1. The van der Waals surface area contributed by atoms with E-state index in [1.165, 1.54) is 11.8 Å². The molecule has 166 valence electrons. The van der Waals surface area contributed by atoms with Crippen LogP contribution < -0.4 is 10.1 Å². The summed E-state index contributed by atoms with van der Waals surface area (Å²) in [5, 5.41) is 2.89. The number of rotatable bonds is 11. The van der Waals surface area contributed by atoms with Gasteiger partial charge < -0.3 is 19.0 Å². The number of hydrogen-bond acceptors (Lipinski definition) is 4. The summed E-state index contributed by atoms with van der Waals surface area (Å²) in [5.41, 5.74) is 3.35. The first kappa shape index (κ1) is 21.7. The minimum atomic E-state index is -0.162. The number of unbranched alkanes of at least 4 members (excludes halogenated alkanes) is 2. The molecule has 6 heteroatoms. The van der Waals surface area contributed by atoms with Gasteiger partial charge in [0.25, 0.3) is 5.91 Å². The van der Waals surface area contributed by atoms with Gasteiger partial charge in [0.2, 0.25) is 0 Å². The van der Waals surface area contributed by atoms with Crippen LogP contribution in [0.15, 0.2) is 71.3 Å². The third-order valence-electron chi connectivity index (χ3n) is 5.41. The monoisotopic (exact) mass is 431 g/mol. The summed E-state index contributed by atoms with van der Waals surface area (Å²) < 4.78 is 13.4. The van der Waals surface area contributed by atoms with Crippen LogP contribution in [0, 0.1) is 6.92 Å². The summed E-state index contributed by atoms with van der Waals surface area (Å²) in [4.78, 5) is 16.8. The van der Waals surface area contributed by atoms with Gasteiger partial charge in [-0.1, -0.05) is 30.7 Å². The highest BCUT2D eigenvalue weighted by Gasteiger charge is 2.11. The van der Waals surface area contributed by atoms with Gasteiger partial charge in [-0.15, -0.1) is 0 Å². The fourth-order valence-corrected chi connectivity index (χ4v) is 3.81. The molecular formula is C26H29N3O3. The molecule has 0 radical (unpaired) electrons. The van der Waals surface area contributed by atoms with Crippen molar-refractivity contribution in [2.75, 3.05) is 13.2 Å². The maximum Gasteiger partial charge on any atom is 0.286 e. The number of furan rings is 1. The van der Waals surface area contributed by atoms with Crippen LogP contribution >= 0.6 is 0 Å². The van der Waals surface area contributed by atoms with E-state index in [-0.39, 0.29) is 5.91 Å². The maximum absolute atomic E-state index is 11.9. The van der Waals surface area contributed by atoms with E-state index < -0.39 is 0 Å². The Hall–Kier alpha value is -3.54. The van der Waals surface area contributed by atoms with Crippen LogP contribution in [0.5, 0.6) is 5.75 Å². The van der Waals surface area contributed by atoms with Crippen molar-refractivity contribution in [2.24, 2.45) is 0 Å². The highest BCUT2D eigenvalue weighted by molar-refractivity contribution is 5.91. The van der Waals surface area contributed by atoms with Gasteiger partial charge in [-0.25, -0.2) is 4.98 Å². The topological polar surface area (TPSA) is 69.3 Å². The van der Waals surface area contributed by atoms with E-state index in [9.17, 15) is 4.79 Å². The minimum Gasteiger partial charge on any atom is -0.492 e. The van der Waals surface area contributed by atoms with Gasteiger partial charge in [0.05, 0.1) is 23.8 Å². The first-order valence-corrected chi connectivity index (χ1v) is 11.2. The first-order chi connectivity index (χ1) is 15.7. The quantitative estimate of drug-likeness (QED) is 0.333. The molecule has 2 heterocycles. The molecule has 0 aliphatic carbocycles. The predicted octanol–water partition coefficient (Wildman–Crippen LogP) is 5.16. The molecule has 0 saturated carbocycles. The standard InChI is InChI=1S/C26H29N3O3/c1-20-9-7-10-21(19-20)31-18-16-29-23-12-5-4-11-22(23)28-25(29)14-3-2-6-15-27-26(30)24-13-8-17-32-24/h4-5,7-13,17,19H,2-3,6,14-16,18H2,1H3,(H,27,30). The Kier molecular flexibility index (Phi) is 7.23. The number of hydrogen-bond donors (Lipinski definition) is 1. The Morgan fingerprint density at radius 1 is 1.06 bits per heavy atom. The molecule has 6 nitrogen and oxygen atoms in total. The molecule has 0 atom stereocenters. The molecule has 2 aromatic carbocycles. The van der Waals surface area contributed by atoms with Crippen molar-refractivity contribution >= 4 is 16.9 Å². The number of benzene rings is 2. The van der Waals surface area contributed by atoms with E-state index in [1.54, 1.807) is 12.1 Å². The lowest BCUT2D eigenvalue weighted by molar-refractivity contribution is 0.0925. The number of nitrogens with zero attached hydrogens (tertiary/aromatic N) is 2. The molecule has 0 spiro atoms. The average molecular weight is 432 g/mol. The molecule has 4 rings (SSSR count). The Bertz CT molecular complexity index is 1150. The van der Waals surface area contributed by atoms with E-state index in [0.717, 1.165) is 54.8 Å². The normalized spacial score (nSPS) is 11.0. The Balaban J connectivity index is 1.28. The number of fused-ring (bicyclic) bond motifs is 1. The molecule has 0 saturated heterocycles. The summed E-state index contributed by atoms with van der Waals surface area (Å²) in [6.07, 6.45) is 5.35. The zero-order valence-electron chi connectivity index (χ0n) is 18.4. The molecule has 1 amide bonds. The number of aromatic nitrogens is 2. The maximum atomic E-state index is 11.9. The van der Waals surface area contributed by atoms with Crippen molar-refractivity contribution in [1.82, 2.24) is 14.9 Å². The highest BCUT2D eigenvalue weighted by atomic mass is 16.5. The number of carbonyl (C=O) groups is 1. The highest BCUT2D eigenvalue weighted by Crippen LogP contribution is 2.19. The fraction of sp³-hybridized carbons (Fsp3) is 0.308. The van der Waals surface area contributed by atoms with Crippen LogP contribution in [0.25, 0.3) is 11.0 Å². The Labute approximate surface area is 188 Å². The van der Waals surface area contributed by atoms with E-state index in [4.69, 9.17) is 14.1 Å². The number of nitrogens with one attached hydrogen (secondary N) is 1. The van der Waals surface area contributed by atoms with Gasteiger partial charge in [-0.3, -0.25) is 4.79 Å². The second-order valence-corrected chi connectivity index (χ2v) is 7.88. The molecule has 2 aromatic heterocycles. The second-order valence-electron chi connectivity index (χ2n) is 7.88. The van der Waals surface area contributed by atoms with Gasteiger partial charge in [-0.2, -0.15) is 0 Å². The lowest BCUT2D eigenvalue weighted by Crippen LogP contribution is -2.23. The van der Waals surface area contributed by atoms with E-state index in [0.29, 0.717) is 18.9 Å². The molecule has 4 aromatic rings. The summed E-state index contributed by atoms with van der Waals surface area (Å²) >= 11 is 0. The van der Waals surface area contributed by atoms with E-state index in [1.807, 2.05) is 24.3 Å². The third-order valence-corrected chi connectivity index (χ3v) is 5.41. The van der Waals surface area contributed by atoms with Crippen LogP contribution in [0.4, 0.5) is 0 Å². The van der Waals surface area contributed by atoms with Crippen LogP contribution in [0.1, 0.15) is 41.2 Å². The molecule has 1 N–H and O–H groups in total. The number of carbonyl (C=O) groups excluding carboxylic acids is 1. The Morgan fingerprint density at radius 2 is 1.97 bits per heavy atom. The fourth-order valence-electron chi connectivity index (χ4n) is 3.81. The van der Waals surface area contributed by atoms with Crippen molar-refractivity contribution < 1.29 is 13.9 Å². The van der Waals surface area contributed by atoms with Gasteiger partial charge in [0.1, 0.15) is 18.2 Å². The molecule has 0 fully saturated rings. The lowest BCUT2D eigenvalue weighted by atomic mass is 10.2. The molecular weight excluding hydrogens is 402 g/mol. The van der Waals surface area contributed by atoms with Gasteiger partial charge >= 0.3 is 0 Å². The zero-order chi connectivity index (χ0) is 22.2. The third kappa shape index (κ3) is 5.58. The molecule has 0 unspecified atom stereocenters. The summed E-state index contributed by atoms with van der Waals surface area (Å²) in [7, 11) is 0. The van der Waals surface area contributed by atoms with Crippen molar-refractivity contribution in [1.29, 1.82) is 0 Å². The SMILES string of the molecule is Cc1cccc(OCCn2c(CCCCCNC(=O)c3ccco3)nc3ccccc32)c1. The number of imidazole rings is 1. The first-order valence-electron chi connectivity index (χ1n) is 11.2. The van der Waals surface area contributed by atoms with Crippen LogP contribution in [0.3, 0.4) is 0 Å². The summed E-state index contributed by atoms with van der Waals surface area (Å²) in [6.45, 7) is 4.05. The molecule has 32 heavy (non-hydrogen) atoms. The molecule has 0 aliphatic heterocycles.